The van der Waals surface area contributed by atoms with Gasteiger partial charge in [-0.2, -0.15) is 0 Å². The molecule has 0 radical (unpaired) electrons. The van der Waals surface area contributed by atoms with E-state index in [0.29, 0.717) is 0 Å². The third-order valence-corrected chi connectivity index (χ3v) is 11.0. The minimum atomic E-state index is -2.72. The van der Waals surface area contributed by atoms with Gasteiger partial charge >= 0.3 is 8.80 Å². The van der Waals surface area contributed by atoms with Crippen LogP contribution in [0, 0.1) is 0 Å². The molecule has 0 aliphatic rings. The Balaban J connectivity index is 4.82. The maximum absolute atomic E-state index is 6.46. The molecule has 1 atom stereocenters. The third kappa shape index (κ3) is 13.6. The largest absolute Gasteiger partial charge is 0.515 e. The van der Waals surface area contributed by atoms with E-state index in [4.69, 9.17) is 13.3 Å². The van der Waals surface area contributed by atoms with Gasteiger partial charge in [0.25, 0.3) is 0 Å². The Morgan fingerprint density at radius 1 is 0.630 bits per heavy atom. The van der Waals surface area contributed by atoms with Crippen molar-refractivity contribution in [1.82, 2.24) is 0 Å². The lowest BCUT2D eigenvalue weighted by Gasteiger charge is -2.34. The molecule has 0 rings (SSSR count). The number of rotatable bonds is 21. The van der Waals surface area contributed by atoms with Crippen LogP contribution >= 0.6 is 22.5 Å². The van der Waals surface area contributed by atoms with Gasteiger partial charge < -0.3 is 13.3 Å². The van der Waals surface area contributed by atoms with Gasteiger partial charge in [-0.05, 0) is 25.7 Å². The number of hydrogen-bond acceptors (Lipinski definition) is 5. The topological polar surface area (TPSA) is 27.7 Å². The first kappa shape index (κ1) is 27.8. The summed E-state index contributed by atoms with van der Waals surface area (Å²) in [6.45, 7) is 11.2. The predicted octanol–water partition coefficient (Wildman–Crippen LogP) is 7.61. The highest BCUT2D eigenvalue weighted by Crippen LogP contribution is 2.31. The van der Waals surface area contributed by atoms with Crippen LogP contribution in [0.2, 0.25) is 0 Å². The number of unbranched alkanes of at least 4 members (excludes halogenated alkanes) is 9. The average Bonchev–Trinajstić information content (AvgIpc) is 2.68. The van der Waals surface area contributed by atoms with E-state index < -0.39 is 8.80 Å². The Labute approximate surface area is 180 Å². The number of thiol groups is 1. The van der Waals surface area contributed by atoms with Crippen LogP contribution < -0.4 is 0 Å². The van der Waals surface area contributed by atoms with Crippen molar-refractivity contribution in [1.29, 1.82) is 0 Å². The molecule has 0 aliphatic carbocycles. The van der Waals surface area contributed by atoms with Gasteiger partial charge in [0, 0.05) is 19.8 Å². The minimum absolute atomic E-state index is 0.212. The standard InChI is InChI=1S/C21H46O3S2Si/c1-5-9-12-15-18-22-27(21(8-4)26-25,23-19-16-13-10-6-2)24-20-17-14-11-7-3/h21,25H,5-20H2,1-4H3. The van der Waals surface area contributed by atoms with Crippen LogP contribution in [0.5, 0.6) is 0 Å². The molecule has 0 saturated carbocycles. The molecule has 27 heavy (non-hydrogen) atoms. The molecule has 0 fully saturated rings. The first-order valence-electron chi connectivity index (χ1n) is 11.4. The van der Waals surface area contributed by atoms with Crippen LogP contribution in [0.1, 0.15) is 111 Å². The molecule has 3 nitrogen and oxygen atoms in total. The molecule has 0 aromatic carbocycles. The molecule has 0 heterocycles. The zero-order valence-corrected chi connectivity index (χ0v) is 21.2. The average molecular weight is 439 g/mol. The lowest BCUT2D eigenvalue weighted by Crippen LogP contribution is -2.55. The van der Waals surface area contributed by atoms with Gasteiger partial charge in [0.2, 0.25) is 0 Å². The van der Waals surface area contributed by atoms with E-state index in [1.54, 1.807) is 10.8 Å². The van der Waals surface area contributed by atoms with E-state index in [1.165, 1.54) is 57.8 Å². The Bertz CT molecular complexity index is 269. The smallest absolute Gasteiger partial charge is 0.373 e. The Morgan fingerprint density at radius 2 is 1.00 bits per heavy atom. The monoisotopic (exact) mass is 438 g/mol. The molecular formula is C21H46O3S2Si. The number of hydrogen-bond donors (Lipinski definition) is 1. The van der Waals surface area contributed by atoms with Crippen molar-refractivity contribution < 1.29 is 13.3 Å². The quantitative estimate of drug-likeness (QED) is 0.0863. The summed E-state index contributed by atoms with van der Waals surface area (Å²) in [7, 11) is -1.16. The van der Waals surface area contributed by atoms with Crippen molar-refractivity contribution in [3.8, 4) is 0 Å². The molecule has 0 amide bonds. The van der Waals surface area contributed by atoms with E-state index in [0.717, 1.165) is 45.5 Å². The highest BCUT2D eigenvalue weighted by Gasteiger charge is 2.49. The van der Waals surface area contributed by atoms with Crippen LogP contribution in [-0.2, 0) is 13.3 Å². The van der Waals surface area contributed by atoms with E-state index in [2.05, 4.69) is 39.4 Å². The van der Waals surface area contributed by atoms with Crippen LogP contribution in [0.15, 0.2) is 0 Å². The Hall–Kier alpha value is 0.797. The molecule has 0 aromatic heterocycles. The minimum Gasteiger partial charge on any atom is -0.373 e. The van der Waals surface area contributed by atoms with Crippen LogP contribution in [0.4, 0.5) is 0 Å². The summed E-state index contributed by atoms with van der Waals surface area (Å²) >= 11 is 4.54. The van der Waals surface area contributed by atoms with E-state index >= 15 is 0 Å². The van der Waals surface area contributed by atoms with Crippen molar-refractivity contribution in [2.75, 3.05) is 19.8 Å². The molecule has 0 spiro atoms. The highest BCUT2D eigenvalue weighted by molar-refractivity contribution is 8.69. The van der Waals surface area contributed by atoms with Crippen LogP contribution in [0.25, 0.3) is 0 Å². The maximum Gasteiger partial charge on any atom is 0.515 e. The van der Waals surface area contributed by atoms with Gasteiger partial charge in [-0.3, -0.25) is 0 Å². The first-order chi connectivity index (χ1) is 13.2. The molecule has 164 valence electrons. The summed E-state index contributed by atoms with van der Waals surface area (Å²) in [5.41, 5.74) is 0. The van der Waals surface area contributed by atoms with Gasteiger partial charge in [0.15, 0.2) is 0 Å². The van der Waals surface area contributed by atoms with Crippen molar-refractivity contribution in [2.24, 2.45) is 0 Å². The summed E-state index contributed by atoms with van der Waals surface area (Å²) in [6, 6.07) is 0. The van der Waals surface area contributed by atoms with Gasteiger partial charge in [0.1, 0.15) is 0 Å². The fraction of sp³-hybridized carbons (Fsp3) is 1.00. The first-order valence-corrected chi connectivity index (χ1v) is 15.2. The lowest BCUT2D eigenvalue weighted by atomic mass is 10.2. The molecule has 0 N–H and O–H groups in total. The summed E-state index contributed by atoms with van der Waals surface area (Å²) < 4.78 is 19.4. The zero-order chi connectivity index (χ0) is 20.2. The zero-order valence-electron chi connectivity index (χ0n) is 18.5. The second-order valence-corrected chi connectivity index (χ2v) is 11.9. The molecule has 0 aromatic rings. The van der Waals surface area contributed by atoms with E-state index in [9.17, 15) is 0 Å². The fourth-order valence-corrected chi connectivity index (χ4v) is 8.50. The van der Waals surface area contributed by atoms with Crippen LogP contribution in [0.3, 0.4) is 0 Å². The molecule has 0 aliphatic heterocycles. The van der Waals surface area contributed by atoms with Gasteiger partial charge in [0.05, 0.1) is 4.87 Å². The maximum atomic E-state index is 6.46. The molecular weight excluding hydrogens is 392 g/mol. The van der Waals surface area contributed by atoms with Crippen molar-refractivity contribution >= 4 is 31.3 Å². The molecule has 6 heteroatoms. The van der Waals surface area contributed by atoms with E-state index in [1.807, 2.05) is 0 Å². The molecule has 0 saturated heterocycles. The second kappa shape index (κ2) is 20.1. The summed E-state index contributed by atoms with van der Waals surface area (Å²) in [5, 5.41) is 0. The van der Waals surface area contributed by atoms with Crippen molar-refractivity contribution in [2.45, 2.75) is 116 Å². The van der Waals surface area contributed by atoms with Crippen molar-refractivity contribution in [3.63, 3.8) is 0 Å². The molecule has 1 unspecified atom stereocenters. The summed E-state index contributed by atoms with van der Waals surface area (Å²) in [5.74, 6) is 0. The third-order valence-electron chi connectivity index (χ3n) is 4.80. The summed E-state index contributed by atoms with van der Waals surface area (Å²) in [6.07, 6.45) is 15.5. The predicted molar refractivity (Wildman–Crippen MR) is 127 cm³/mol. The van der Waals surface area contributed by atoms with Crippen LogP contribution in [-0.4, -0.2) is 33.5 Å². The SMILES string of the molecule is CCCCCCO[Si](OCCCCCC)(OCCCCCC)C(CC)SS. The van der Waals surface area contributed by atoms with Gasteiger partial charge in [-0.25, -0.2) is 0 Å². The highest BCUT2D eigenvalue weighted by atomic mass is 33.1. The van der Waals surface area contributed by atoms with Gasteiger partial charge in [-0.1, -0.05) is 96.3 Å². The Morgan fingerprint density at radius 3 is 1.26 bits per heavy atom. The summed E-state index contributed by atoms with van der Waals surface area (Å²) in [4.78, 5) is 0.212. The van der Waals surface area contributed by atoms with Gasteiger partial charge in [-0.15, -0.1) is 11.7 Å². The fourth-order valence-electron chi connectivity index (χ4n) is 3.02. The normalized spacial score (nSPS) is 13.2. The second-order valence-electron chi connectivity index (χ2n) is 7.33. The molecule has 0 bridgehead atoms. The Kier molecular flexibility index (Phi) is 20.7. The van der Waals surface area contributed by atoms with Crippen molar-refractivity contribution in [3.05, 3.63) is 0 Å². The van der Waals surface area contributed by atoms with E-state index in [-0.39, 0.29) is 4.87 Å². The lowest BCUT2D eigenvalue weighted by molar-refractivity contribution is 0.0534.